The zero-order valence-electron chi connectivity index (χ0n) is 13.4. The van der Waals surface area contributed by atoms with Gasteiger partial charge in [-0.05, 0) is 33.6 Å². The van der Waals surface area contributed by atoms with Gasteiger partial charge in [0.05, 0.1) is 18.2 Å². The fraction of sp³-hybridized carbons (Fsp3) is 0.786. The second-order valence-electron chi connectivity index (χ2n) is 6.23. The van der Waals surface area contributed by atoms with Gasteiger partial charge < -0.3 is 14.7 Å². The molecule has 2 unspecified atom stereocenters. The van der Waals surface area contributed by atoms with E-state index in [0.29, 0.717) is 19.3 Å². The molecule has 0 aromatic heterocycles. The van der Waals surface area contributed by atoms with Crippen molar-refractivity contribution in [3.63, 3.8) is 0 Å². The third kappa shape index (κ3) is 4.96. The number of hydrogen-bond acceptors (Lipinski definition) is 5. The zero-order chi connectivity index (χ0) is 16.9. The first-order valence-corrected chi connectivity index (χ1v) is 7.13. The molecule has 0 spiro atoms. The Kier molecular flexibility index (Phi) is 6.31. The van der Waals surface area contributed by atoms with E-state index in [9.17, 15) is 14.4 Å². The van der Waals surface area contributed by atoms with Crippen LogP contribution in [-0.4, -0.2) is 71.3 Å². The normalized spacial score (nSPS) is 22.5. The molecule has 2 amide bonds. The minimum absolute atomic E-state index is 0.257. The standard InChI is InChI=1S/C14H24N2O6/c1-14(2,3)22-16(9-17)11-6-5-10(8-21-4)15(13(11)20)7-12(18)19/h9-11H,5-8H2,1-4H3,(H,18,19). The number of hydrogen-bond donors (Lipinski definition) is 1. The Morgan fingerprint density at radius 1 is 1.45 bits per heavy atom. The first-order chi connectivity index (χ1) is 10.2. The lowest BCUT2D eigenvalue weighted by atomic mass is 9.97. The quantitative estimate of drug-likeness (QED) is 0.535. The van der Waals surface area contributed by atoms with E-state index in [2.05, 4.69) is 0 Å². The lowest BCUT2D eigenvalue weighted by molar-refractivity contribution is -0.237. The van der Waals surface area contributed by atoms with Gasteiger partial charge in [0.2, 0.25) is 12.3 Å². The molecule has 1 aliphatic heterocycles. The highest BCUT2D eigenvalue weighted by molar-refractivity contribution is 5.87. The van der Waals surface area contributed by atoms with E-state index >= 15 is 0 Å². The highest BCUT2D eigenvalue weighted by atomic mass is 16.7. The number of rotatable bonds is 7. The van der Waals surface area contributed by atoms with Gasteiger partial charge in [-0.1, -0.05) is 0 Å². The summed E-state index contributed by atoms with van der Waals surface area (Å²) >= 11 is 0. The lowest BCUT2D eigenvalue weighted by Crippen LogP contribution is -2.58. The molecule has 8 heteroatoms. The molecule has 1 heterocycles. The van der Waals surface area contributed by atoms with E-state index < -0.39 is 30.1 Å². The van der Waals surface area contributed by atoms with Crippen molar-refractivity contribution in [3.8, 4) is 0 Å². The summed E-state index contributed by atoms with van der Waals surface area (Å²) in [6.45, 7) is 5.12. The van der Waals surface area contributed by atoms with Crippen LogP contribution in [0.3, 0.4) is 0 Å². The van der Waals surface area contributed by atoms with Gasteiger partial charge in [-0.3, -0.25) is 19.2 Å². The minimum atomic E-state index is -1.11. The molecule has 0 saturated carbocycles. The molecule has 8 nitrogen and oxygen atoms in total. The van der Waals surface area contributed by atoms with E-state index in [4.69, 9.17) is 14.7 Å². The smallest absolute Gasteiger partial charge is 0.323 e. The second kappa shape index (κ2) is 7.55. The first kappa shape index (κ1) is 18.4. The van der Waals surface area contributed by atoms with E-state index in [0.717, 1.165) is 5.06 Å². The van der Waals surface area contributed by atoms with Crippen LogP contribution >= 0.6 is 0 Å². The summed E-state index contributed by atoms with van der Waals surface area (Å²) in [5.41, 5.74) is -0.637. The number of likely N-dealkylation sites (tertiary alicyclic amines) is 1. The number of ether oxygens (including phenoxy) is 1. The molecule has 1 fully saturated rings. The van der Waals surface area contributed by atoms with Crippen LogP contribution in [0.4, 0.5) is 0 Å². The third-order valence-electron chi connectivity index (χ3n) is 3.24. The summed E-state index contributed by atoms with van der Waals surface area (Å²) in [5, 5.41) is 9.98. The van der Waals surface area contributed by atoms with Gasteiger partial charge in [0, 0.05) is 7.11 Å². The number of carbonyl (C=O) groups is 3. The number of methoxy groups -OCH3 is 1. The van der Waals surface area contributed by atoms with Crippen LogP contribution in [0, 0.1) is 0 Å². The molecule has 1 aliphatic rings. The molecule has 0 bridgehead atoms. The highest BCUT2D eigenvalue weighted by Crippen LogP contribution is 2.24. The van der Waals surface area contributed by atoms with Gasteiger partial charge in [0.25, 0.3) is 0 Å². The Labute approximate surface area is 129 Å². The first-order valence-electron chi connectivity index (χ1n) is 7.13. The van der Waals surface area contributed by atoms with Gasteiger partial charge in [-0.15, -0.1) is 0 Å². The topological polar surface area (TPSA) is 96.4 Å². The number of amides is 2. The summed E-state index contributed by atoms with van der Waals surface area (Å²) in [6, 6.07) is -1.13. The van der Waals surface area contributed by atoms with Gasteiger partial charge in [0.15, 0.2) is 0 Å². The van der Waals surface area contributed by atoms with Gasteiger partial charge in [-0.2, -0.15) is 0 Å². The largest absolute Gasteiger partial charge is 0.480 e. The lowest BCUT2D eigenvalue weighted by Gasteiger charge is -2.41. The van der Waals surface area contributed by atoms with E-state index in [-0.39, 0.29) is 12.6 Å². The fourth-order valence-corrected chi connectivity index (χ4v) is 2.43. The van der Waals surface area contributed by atoms with Crippen molar-refractivity contribution in [2.45, 2.75) is 51.3 Å². The van der Waals surface area contributed by atoms with Gasteiger partial charge in [-0.25, -0.2) is 5.06 Å². The number of hydroxylamine groups is 2. The number of piperidine rings is 1. The predicted molar refractivity (Wildman–Crippen MR) is 76.8 cm³/mol. The summed E-state index contributed by atoms with van der Waals surface area (Å²) in [6.07, 6.45) is 1.40. The Morgan fingerprint density at radius 3 is 2.55 bits per heavy atom. The molecule has 0 radical (unpaired) electrons. The van der Waals surface area contributed by atoms with E-state index in [1.807, 2.05) is 0 Å². The Balaban J connectivity index is 2.92. The minimum Gasteiger partial charge on any atom is -0.480 e. The van der Waals surface area contributed by atoms with Crippen molar-refractivity contribution in [3.05, 3.63) is 0 Å². The summed E-state index contributed by atoms with van der Waals surface area (Å²) in [7, 11) is 1.50. The highest BCUT2D eigenvalue weighted by Gasteiger charge is 2.40. The monoisotopic (exact) mass is 316 g/mol. The van der Waals surface area contributed by atoms with Crippen molar-refractivity contribution < 1.29 is 29.1 Å². The molecule has 22 heavy (non-hydrogen) atoms. The SMILES string of the molecule is COCC1CCC(N(C=O)OC(C)(C)C)C(=O)N1CC(=O)O. The third-order valence-corrected chi connectivity index (χ3v) is 3.24. The maximum atomic E-state index is 12.6. The van der Waals surface area contributed by atoms with Crippen LogP contribution in [0.5, 0.6) is 0 Å². The molecule has 0 aromatic carbocycles. The zero-order valence-corrected chi connectivity index (χ0v) is 13.4. The van der Waals surface area contributed by atoms with Crippen LogP contribution in [0.15, 0.2) is 0 Å². The Morgan fingerprint density at radius 2 is 2.09 bits per heavy atom. The molecular weight excluding hydrogens is 292 g/mol. The average molecular weight is 316 g/mol. The second-order valence-corrected chi connectivity index (χ2v) is 6.23. The van der Waals surface area contributed by atoms with Crippen molar-refractivity contribution in [1.82, 2.24) is 9.96 Å². The Bertz CT molecular complexity index is 420. The van der Waals surface area contributed by atoms with E-state index in [1.54, 1.807) is 20.8 Å². The van der Waals surface area contributed by atoms with Crippen LogP contribution < -0.4 is 0 Å². The number of carboxylic acid groups (broad SMARTS) is 1. The van der Waals surface area contributed by atoms with Gasteiger partial charge in [0.1, 0.15) is 12.6 Å². The molecule has 1 saturated heterocycles. The average Bonchev–Trinajstić information content (AvgIpc) is 2.39. The Hall–Kier alpha value is -1.67. The van der Waals surface area contributed by atoms with Crippen LogP contribution in [0.2, 0.25) is 0 Å². The fourth-order valence-electron chi connectivity index (χ4n) is 2.43. The molecule has 1 rings (SSSR count). The molecule has 2 atom stereocenters. The number of nitrogens with zero attached hydrogens (tertiary/aromatic N) is 2. The number of carbonyl (C=O) groups excluding carboxylic acids is 2. The van der Waals surface area contributed by atoms with Crippen LogP contribution in [-0.2, 0) is 24.0 Å². The molecular formula is C14H24N2O6. The van der Waals surface area contributed by atoms with Crippen molar-refractivity contribution in [2.24, 2.45) is 0 Å². The summed E-state index contributed by atoms with van der Waals surface area (Å²) in [5.74, 6) is -1.54. The molecule has 0 aliphatic carbocycles. The maximum Gasteiger partial charge on any atom is 0.323 e. The maximum absolute atomic E-state index is 12.6. The van der Waals surface area contributed by atoms with Crippen LogP contribution in [0.25, 0.3) is 0 Å². The summed E-state index contributed by atoms with van der Waals surface area (Å²) in [4.78, 5) is 41.5. The molecule has 126 valence electrons. The van der Waals surface area contributed by atoms with Crippen molar-refractivity contribution in [2.75, 3.05) is 20.3 Å². The molecule has 1 N–H and O–H groups in total. The van der Waals surface area contributed by atoms with Gasteiger partial charge >= 0.3 is 5.97 Å². The van der Waals surface area contributed by atoms with Crippen LogP contribution in [0.1, 0.15) is 33.6 Å². The number of carboxylic acids is 1. The molecule has 0 aromatic rings. The van der Waals surface area contributed by atoms with Crippen molar-refractivity contribution in [1.29, 1.82) is 0 Å². The number of aliphatic carboxylic acids is 1. The predicted octanol–water partition coefficient (Wildman–Crippen LogP) is 0.266. The summed E-state index contributed by atoms with van der Waals surface area (Å²) < 4.78 is 5.04. The van der Waals surface area contributed by atoms with E-state index in [1.165, 1.54) is 12.0 Å². The van der Waals surface area contributed by atoms with Crippen molar-refractivity contribution >= 4 is 18.3 Å².